The Bertz CT molecular complexity index is 210. The van der Waals surface area contributed by atoms with Crippen LogP contribution in [0.15, 0.2) is 0 Å². The fraction of sp³-hybridized carbons (Fsp3) is 0.889. The van der Waals surface area contributed by atoms with E-state index in [2.05, 4.69) is 17.4 Å². The Morgan fingerprint density at radius 3 is 3.00 bits per heavy atom. The molecule has 0 aliphatic carbocycles. The van der Waals surface area contributed by atoms with Crippen molar-refractivity contribution in [3.63, 3.8) is 0 Å². The van der Waals surface area contributed by atoms with Crippen LogP contribution in [0.25, 0.3) is 0 Å². The molecule has 0 N–H and O–H groups in total. The van der Waals surface area contributed by atoms with Crippen molar-refractivity contribution in [2.24, 2.45) is 0 Å². The van der Waals surface area contributed by atoms with E-state index >= 15 is 0 Å². The summed E-state index contributed by atoms with van der Waals surface area (Å²) in [7, 11) is 1.41. The molecule has 0 aromatic rings. The summed E-state index contributed by atoms with van der Waals surface area (Å²) >= 11 is 5.99. The average molecular weight is 236 g/mol. The van der Waals surface area contributed by atoms with Crippen LogP contribution in [-0.4, -0.2) is 35.6 Å². The van der Waals surface area contributed by atoms with Crippen LogP contribution in [0.3, 0.4) is 0 Å². The van der Waals surface area contributed by atoms with Crippen LogP contribution in [0, 0.1) is 0 Å². The summed E-state index contributed by atoms with van der Waals surface area (Å²) in [5.41, 5.74) is 0. The molecule has 0 saturated carbocycles. The Kier molecular flexibility index (Phi) is 4.60. The monoisotopic (exact) mass is 236 g/mol. The second-order valence-corrected chi connectivity index (χ2v) is 5.57. The van der Waals surface area contributed by atoms with E-state index in [4.69, 9.17) is 4.74 Å². The van der Waals surface area contributed by atoms with Gasteiger partial charge in [0.25, 0.3) is 0 Å². The molecular formula is C9H16O3S2. The van der Waals surface area contributed by atoms with Crippen molar-refractivity contribution >= 4 is 30.4 Å². The molecule has 1 heterocycles. The van der Waals surface area contributed by atoms with Crippen LogP contribution in [0.5, 0.6) is 0 Å². The van der Waals surface area contributed by atoms with Crippen molar-refractivity contribution < 1.29 is 14.3 Å². The predicted molar refractivity (Wildman–Crippen MR) is 60.8 cm³/mol. The first kappa shape index (κ1) is 12.2. The second-order valence-electron chi connectivity index (χ2n) is 3.44. The number of rotatable bonds is 4. The van der Waals surface area contributed by atoms with Gasteiger partial charge in [0.1, 0.15) is 4.93 Å². The topological polar surface area (TPSA) is 35.5 Å². The molecule has 1 fully saturated rings. The van der Waals surface area contributed by atoms with Crippen molar-refractivity contribution in [1.29, 1.82) is 0 Å². The molecule has 0 aromatic carbocycles. The fourth-order valence-corrected chi connectivity index (χ4v) is 2.94. The smallest absolute Gasteiger partial charge is 0.305 e. The summed E-state index contributed by atoms with van der Waals surface area (Å²) in [6.07, 6.45) is 1.12. The van der Waals surface area contributed by atoms with Crippen LogP contribution in [0.1, 0.15) is 19.8 Å². The lowest BCUT2D eigenvalue weighted by Gasteiger charge is -2.21. The highest BCUT2D eigenvalue weighted by Gasteiger charge is 2.36. The van der Waals surface area contributed by atoms with E-state index in [1.54, 1.807) is 11.8 Å². The fourth-order valence-electron chi connectivity index (χ4n) is 1.34. The van der Waals surface area contributed by atoms with Crippen molar-refractivity contribution in [2.45, 2.75) is 29.9 Å². The molecule has 5 heteroatoms. The van der Waals surface area contributed by atoms with Crippen molar-refractivity contribution in [3.8, 4) is 0 Å². The van der Waals surface area contributed by atoms with Gasteiger partial charge < -0.3 is 9.47 Å². The largest absolute Gasteiger partial charge is 0.469 e. The molecule has 1 aliphatic rings. The number of carbonyl (C=O) groups is 1. The lowest BCUT2D eigenvalue weighted by atomic mass is 10.2. The van der Waals surface area contributed by atoms with Gasteiger partial charge in [0.15, 0.2) is 0 Å². The molecule has 14 heavy (non-hydrogen) atoms. The number of hydrogen-bond acceptors (Lipinski definition) is 5. The van der Waals surface area contributed by atoms with E-state index in [0.717, 1.165) is 12.4 Å². The summed E-state index contributed by atoms with van der Waals surface area (Å²) in [5.74, 6) is 0.642. The summed E-state index contributed by atoms with van der Waals surface area (Å²) < 4.78 is 10.2. The Balaban J connectivity index is 2.33. The zero-order chi connectivity index (χ0) is 10.6. The van der Waals surface area contributed by atoms with E-state index < -0.39 is 0 Å². The highest BCUT2D eigenvalue weighted by atomic mass is 32.2. The minimum atomic E-state index is -0.235. The first-order valence-corrected chi connectivity index (χ1v) is 6.10. The van der Waals surface area contributed by atoms with E-state index in [1.165, 1.54) is 7.11 Å². The zero-order valence-corrected chi connectivity index (χ0v) is 10.2. The highest BCUT2D eigenvalue weighted by Crippen LogP contribution is 2.41. The van der Waals surface area contributed by atoms with Gasteiger partial charge in [-0.25, -0.2) is 0 Å². The number of methoxy groups -OCH3 is 1. The van der Waals surface area contributed by atoms with E-state index in [-0.39, 0.29) is 10.9 Å². The van der Waals surface area contributed by atoms with Gasteiger partial charge in [-0.3, -0.25) is 4.79 Å². The minimum Gasteiger partial charge on any atom is -0.469 e. The third-order valence-electron chi connectivity index (χ3n) is 2.21. The molecule has 1 saturated heterocycles. The predicted octanol–water partition coefficient (Wildman–Crippen LogP) is 1.72. The number of ether oxygens (including phenoxy) is 2. The summed E-state index contributed by atoms with van der Waals surface area (Å²) in [6.45, 7) is 2.75. The van der Waals surface area contributed by atoms with Gasteiger partial charge in [0, 0.05) is 17.4 Å². The van der Waals surface area contributed by atoms with Crippen LogP contribution in [0.2, 0.25) is 0 Å². The maximum Gasteiger partial charge on any atom is 0.305 e. The van der Waals surface area contributed by atoms with E-state index in [1.807, 2.05) is 6.92 Å². The van der Waals surface area contributed by atoms with Gasteiger partial charge in [0.2, 0.25) is 0 Å². The minimum absolute atomic E-state index is 0.176. The van der Waals surface area contributed by atoms with Crippen LogP contribution in [0.4, 0.5) is 0 Å². The summed E-state index contributed by atoms with van der Waals surface area (Å²) in [5, 5.41) is 0.445. The first-order valence-electron chi connectivity index (χ1n) is 4.59. The molecule has 0 aromatic heterocycles. The lowest BCUT2D eigenvalue weighted by Crippen LogP contribution is -2.20. The normalized spacial score (nSPS) is 31.8. The van der Waals surface area contributed by atoms with E-state index in [0.29, 0.717) is 18.1 Å². The molecule has 2 atom stereocenters. The molecule has 3 nitrogen and oxygen atoms in total. The molecule has 0 amide bonds. The Labute approximate surface area is 94.3 Å². The molecule has 0 spiro atoms. The third kappa shape index (κ3) is 3.37. The second kappa shape index (κ2) is 5.28. The van der Waals surface area contributed by atoms with Crippen molar-refractivity contribution in [2.75, 3.05) is 19.5 Å². The molecule has 1 aliphatic heterocycles. The average Bonchev–Trinajstić information content (AvgIpc) is 2.57. The van der Waals surface area contributed by atoms with Crippen molar-refractivity contribution in [1.82, 2.24) is 0 Å². The number of thioether (sulfide) groups is 1. The molecule has 82 valence electrons. The summed E-state index contributed by atoms with van der Waals surface area (Å²) in [6, 6.07) is 0. The van der Waals surface area contributed by atoms with Gasteiger partial charge >= 0.3 is 5.97 Å². The zero-order valence-electron chi connectivity index (χ0n) is 8.49. The van der Waals surface area contributed by atoms with Crippen LogP contribution in [-0.2, 0) is 14.3 Å². The number of carbonyl (C=O) groups excluding carboxylic acids is 1. The van der Waals surface area contributed by atoms with Gasteiger partial charge in [-0.15, -0.1) is 11.8 Å². The summed E-state index contributed by atoms with van der Waals surface area (Å²) in [4.78, 5) is 10.7. The van der Waals surface area contributed by atoms with Gasteiger partial charge in [-0.05, 0) is 13.3 Å². The van der Waals surface area contributed by atoms with Crippen molar-refractivity contribution in [3.05, 3.63) is 0 Å². The standard InChI is InChI=1S/C9H16O3S2/c1-9(4-3-8(10)11-2)12-5-7(6-13)14-9/h7,13H,3-6H2,1-2H3. The first-order chi connectivity index (χ1) is 6.59. The van der Waals surface area contributed by atoms with Gasteiger partial charge in [0.05, 0.1) is 13.7 Å². The Morgan fingerprint density at radius 1 is 1.79 bits per heavy atom. The maximum absolute atomic E-state index is 11.0. The Morgan fingerprint density at radius 2 is 2.50 bits per heavy atom. The molecule has 0 radical (unpaired) electrons. The number of esters is 1. The SMILES string of the molecule is COC(=O)CCC1(C)OCC(CS)S1. The number of hydrogen-bond donors (Lipinski definition) is 1. The lowest BCUT2D eigenvalue weighted by molar-refractivity contribution is -0.141. The van der Waals surface area contributed by atoms with Gasteiger partial charge in [-0.1, -0.05) is 0 Å². The maximum atomic E-state index is 11.0. The third-order valence-corrected chi connectivity index (χ3v) is 4.35. The molecule has 1 rings (SSSR count). The quantitative estimate of drug-likeness (QED) is 0.595. The molecule has 2 unspecified atom stereocenters. The Hall–Kier alpha value is 0.130. The highest BCUT2D eigenvalue weighted by molar-refractivity contribution is 8.02. The molecular weight excluding hydrogens is 220 g/mol. The van der Waals surface area contributed by atoms with Crippen LogP contribution >= 0.6 is 24.4 Å². The number of thiol groups is 1. The van der Waals surface area contributed by atoms with Crippen LogP contribution < -0.4 is 0 Å². The van der Waals surface area contributed by atoms with Gasteiger partial charge in [-0.2, -0.15) is 12.6 Å². The van der Waals surface area contributed by atoms with E-state index in [9.17, 15) is 4.79 Å². The molecule has 0 bridgehead atoms.